The first-order chi connectivity index (χ1) is 12.1. The molecular formula is C18H24ClNO4S. The Balaban J connectivity index is 2.00. The average molecular weight is 386 g/mol. The third-order valence-electron chi connectivity index (χ3n) is 3.73. The second-order valence-electron chi connectivity index (χ2n) is 5.52. The van der Waals surface area contributed by atoms with Crippen LogP contribution in [-0.4, -0.2) is 39.9 Å². The topological polar surface area (TPSA) is 56.8 Å². The van der Waals surface area contributed by atoms with Crippen molar-refractivity contribution in [2.75, 3.05) is 34.0 Å². The molecule has 1 amide bonds. The Bertz CT molecular complexity index is 717. The van der Waals surface area contributed by atoms with E-state index in [0.29, 0.717) is 34.6 Å². The summed E-state index contributed by atoms with van der Waals surface area (Å²) in [7, 11) is 3.15. The van der Waals surface area contributed by atoms with Crippen LogP contribution in [0.3, 0.4) is 0 Å². The number of benzene rings is 1. The Morgan fingerprint density at radius 3 is 2.52 bits per heavy atom. The smallest absolute Gasteiger partial charge is 0.262 e. The maximum absolute atomic E-state index is 12.4. The predicted octanol–water partition coefficient (Wildman–Crippen LogP) is 4.51. The normalized spacial score (nSPS) is 10.9. The molecule has 138 valence electrons. The van der Waals surface area contributed by atoms with Crippen molar-refractivity contribution in [2.45, 2.75) is 26.2 Å². The second kappa shape index (κ2) is 9.85. The Morgan fingerprint density at radius 2 is 1.84 bits per heavy atom. The summed E-state index contributed by atoms with van der Waals surface area (Å²) in [5.74, 6) is 1.03. The van der Waals surface area contributed by atoms with Crippen LogP contribution >= 0.6 is 22.9 Å². The van der Waals surface area contributed by atoms with Crippen molar-refractivity contribution >= 4 is 38.9 Å². The second-order valence-corrected chi connectivity index (χ2v) is 6.95. The number of unbranched alkanes of at least 4 members (excludes halogenated alkanes) is 1. The SMILES string of the molecule is CCCCOCCCNC(=O)c1sc2cc(OC)c(OC)cc2c1Cl. The first kappa shape index (κ1) is 19.8. The fraction of sp³-hybridized carbons (Fsp3) is 0.500. The van der Waals surface area contributed by atoms with Gasteiger partial charge in [-0.05, 0) is 18.9 Å². The Kier molecular flexibility index (Phi) is 7.81. The molecule has 0 aliphatic rings. The van der Waals surface area contributed by atoms with Crippen LogP contribution in [0.2, 0.25) is 5.02 Å². The summed E-state index contributed by atoms with van der Waals surface area (Å²) >= 11 is 7.75. The standard InChI is InChI=1S/C18H24ClNO4S/c1-4-5-8-24-9-6-7-20-18(21)17-16(19)12-10-13(22-2)14(23-3)11-15(12)25-17/h10-11H,4-9H2,1-3H3,(H,20,21). The number of hydrogen-bond acceptors (Lipinski definition) is 5. The Hall–Kier alpha value is -1.50. The molecule has 0 spiro atoms. The molecule has 1 aromatic heterocycles. The van der Waals surface area contributed by atoms with Crippen LogP contribution in [0.25, 0.3) is 10.1 Å². The first-order valence-corrected chi connectivity index (χ1v) is 9.51. The molecule has 0 atom stereocenters. The van der Waals surface area contributed by atoms with Gasteiger partial charge in [0.2, 0.25) is 0 Å². The monoisotopic (exact) mass is 385 g/mol. The van der Waals surface area contributed by atoms with E-state index < -0.39 is 0 Å². The summed E-state index contributed by atoms with van der Waals surface area (Å²) < 4.78 is 17.0. The molecule has 2 aromatic rings. The van der Waals surface area contributed by atoms with E-state index in [1.165, 1.54) is 11.3 Å². The molecule has 7 heteroatoms. The van der Waals surface area contributed by atoms with Gasteiger partial charge in [0.05, 0.1) is 19.2 Å². The number of thiophene rings is 1. The summed E-state index contributed by atoms with van der Waals surface area (Å²) in [6.07, 6.45) is 2.97. The van der Waals surface area contributed by atoms with Crippen LogP contribution < -0.4 is 14.8 Å². The number of fused-ring (bicyclic) bond motifs is 1. The van der Waals surface area contributed by atoms with E-state index >= 15 is 0 Å². The van der Waals surface area contributed by atoms with Crippen LogP contribution in [0, 0.1) is 0 Å². The van der Waals surface area contributed by atoms with Crippen molar-refractivity contribution in [3.63, 3.8) is 0 Å². The average Bonchev–Trinajstić information content (AvgIpc) is 2.95. The molecule has 1 N–H and O–H groups in total. The number of halogens is 1. The molecule has 25 heavy (non-hydrogen) atoms. The van der Waals surface area contributed by atoms with Crippen LogP contribution in [0.4, 0.5) is 0 Å². The van der Waals surface area contributed by atoms with E-state index in [2.05, 4.69) is 12.2 Å². The molecule has 1 aromatic carbocycles. The van der Waals surface area contributed by atoms with Gasteiger partial charge in [0.15, 0.2) is 11.5 Å². The number of hydrogen-bond donors (Lipinski definition) is 1. The molecule has 0 fully saturated rings. The molecule has 5 nitrogen and oxygen atoms in total. The molecule has 0 unspecified atom stereocenters. The van der Waals surface area contributed by atoms with Crippen LogP contribution in [0.15, 0.2) is 12.1 Å². The van der Waals surface area contributed by atoms with Gasteiger partial charge >= 0.3 is 0 Å². The number of ether oxygens (including phenoxy) is 3. The maximum Gasteiger partial charge on any atom is 0.262 e. The van der Waals surface area contributed by atoms with E-state index in [-0.39, 0.29) is 5.91 Å². The summed E-state index contributed by atoms with van der Waals surface area (Å²) in [6, 6.07) is 3.63. The lowest BCUT2D eigenvalue weighted by atomic mass is 10.2. The lowest BCUT2D eigenvalue weighted by Crippen LogP contribution is -2.24. The zero-order valence-corrected chi connectivity index (χ0v) is 16.4. The van der Waals surface area contributed by atoms with E-state index in [1.807, 2.05) is 6.07 Å². The van der Waals surface area contributed by atoms with Gasteiger partial charge < -0.3 is 19.5 Å². The number of amides is 1. The maximum atomic E-state index is 12.4. The number of carbonyl (C=O) groups is 1. The Labute approximate surface area is 157 Å². The van der Waals surface area contributed by atoms with Crippen molar-refractivity contribution < 1.29 is 19.0 Å². The third-order valence-corrected chi connectivity index (χ3v) is 5.39. The number of rotatable bonds is 10. The zero-order chi connectivity index (χ0) is 18.2. The molecular weight excluding hydrogens is 362 g/mol. The molecule has 1 heterocycles. The predicted molar refractivity (Wildman–Crippen MR) is 103 cm³/mol. The van der Waals surface area contributed by atoms with Gasteiger partial charge in [-0.3, -0.25) is 4.79 Å². The highest BCUT2D eigenvalue weighted by molar-refractivity contribution is 7.21. The fourth-order valence-electron chi connectivity index (χ4n) is 2.34. The summed E-state index contributed by atoms with van der Waals surface area (Å²) in [5, 5.41) is 4.12. The third kappa shape index (κ3) is 5.00. The van der Waals surface area contributed by atoms with Gasteiger partial charge in [0.1, 0.15) is 4.88 Å². The van der Waals surface area contributed by atoms with Gasteiger partial charge in [-0.25, -0.2) is 0 Å². The molecule has 0 bridgehead atoms. The molecule has 0 radical (unpaired) electrons. The quantitative estimate of drug-likeness (QED) is 0.611. The minimum Gasteiger partial charge on any atom is -0.493 e. The lowest BCUT2D eigenvalue weighted by Gasteiger charge is -2.07. The Morgan fingerprint density at radius 1 is 1.16 bits per heavy atom. The van der Waals surface area contributed by atoms with Gasteiger partial charge in [-0.1, -0.05) is 24.9 Å². The van der Waals surface area contributed by atoms with Gasteiger partial charge in [-0.15, -0.1) is 11.3 Å². The molecule has 2 rings (SSSR count). The number of nitrogens with one attached hydrogen (secondary N) is 1. The largest absolute Gasteiger partial charge is 0.493 e. The zero-order valence-electron chi connectivity index (χ0n) is 14.8. The van der Waals surface area contributed by atoms with Crippen LogP contribution in [0.5, 0.6) is 11.5 Å². The van der Waals surface area contributed by atoms with Crippen molar-refractivity contribution in [2.24, 2.45) is 0 Å². The van der Waals surface area contributed by atoms with Gasteiger partial charge in [0, 0.05) is 35.9 Å². The van der Waals surface area contributed by atoms with Gasteiger partial charge in [-0.2, -0.15) is 0 Å². The number of carbonyl (C=O) groups excluding carboxylic acids is 1. The van der Waals surface area contributed by atoms with Crippen LogP contribution in [-0.2, 0) is 4.74 Å². The van der Waals surface area contributed by atoms with Crippen molar-refractivity contribution in [1.82, 2.24) is 5.32 Å². The molecule has 0 saturated carbocycles. The lowest BCUT2D eigenvalue weighted by molar-refractivity contribution is 0.0944. The van der Waals surface area contributed by atoms with Crippen molar-refractivity contribution in [3.05, 3.63) is 22.0 Å². The van der Waals surface area contributed by atoms with E-state index in [4.69, 9.17) is 25.8 Å². The fourth-order valence-corrected chi connectivity index (χ4v) is 3.78. The minimum atomic E-state index is -0.169. The first-order valence-electron chi connectivity index (χ1n) is 8.32. The minimum absolute atomic E-state index is 0.169. The molecule has 0 saturated heterocycles. The summed E-state index contributed by atoms with van der Waals surface area (Å²) in [4.78, 5) is 12.9. The van der Waals surface area contributed by atoms with E-state index in [0.717, 1.165) is 36.0 Å². The highest BCUT2D eigenvalue weighted by atomic mass is 35.5. The summed E-state index contributed by atoms with van der Waals surface area (Å²) in [6.45, 7) is 4.11. The van der Waals surface area contributed by atoms with E-state index in [1.54, 1.807) is 20.3 Å². The molecule has 0 aliphatic heterocycles. The highest BCUT2D eigenvalue weighted by Crippen LogP contribution is 2.41. The molecule has 0 aliphatic carbocycles. The van der Waals surface area contributed by atoms with Gasteiger partial charge in [0.25, 0.3) is 5.91 Å². The summed E-state index contributed by atoms with van der Waals surface area (Å²) in [5.41, 5.74) is 0. The van der Waals surface area contributed by atoms with Crippen molar-refractivity contribution in [1.29, 1.82) is 0 Å². The van der Waals surface area contributed by atoms with Crippen molar-refractivity contribution in [3.8, 4) is 11.5 Å². The van der Waals surface area contributed by atoms with E-state index in [9.17, 15) is 4.79 Å². The van der Waals surface area contributed by atoms with Crippen LogP contribution in [0.1, 0.15) is 35.9 Å². The number of methoxy groups -OCH3 is 2. The highest BCUT2D eigenvalue weighted by Gasteiger charge is 2.19.